The Bertz CT molecular complexity index is 261. The summed E-state index contributed by atoms with van der Waals surface area (Å²) in [4.78, 5) is 22.6. The fraction of sp³-hybridized carbons (Fsp3) is 0.818. The SMILES string of the molecule is CCCCC[C@H](O)C[C@@H](CC(=O)NN)C(=O)NN. The maximum Gasteiger partial charge on any atom is 0.237 e. The van der Waals surface area contributed by atoms with E-state index in [1.54, 1.807) is 0 Å². The van der Waals surface area contributed by atoms with Crippen molar-refractivity contribution in [3.63, 3.8) is 0 Å². The van der Waals surface area contributed by atoms with E-state index in [1.807, 2.05) is 10.9 Å². The van der Waals surface area contributed by atoms with Crippen LogP contribution in [0.1, 0.15) is 45.4 Å². The number of unbranched alkanes of at least 4 members (excludes halogenated alkanes) is 2. The number of nitrogens with two attached hydrogens (primary N) is 2. The zero-order valence-electron chi connectivity index (χ0n) is 10.8. The Morgan fingerprint density at radius 1 is 1.22 bits per heavy atom. The molecule has 0 fully saturated rings. The van der Waals surface area contributed by atoms with Crippen LogP contribution in [0.15, 0.2) is 0 Å². The van der Waals surface area contributed by atoms with Crippen LogP contribution in [0.2, 0.25) is 0 Å². The minimum atomic E-state index is -0.657. The van der Waals surface area contributed by atoms with Crippen molar-refractivity contribution in [1.82, 2.24) is 10.9 Å². The van der Waals surface area contributed by atoms with Crippen LogP contribution >= 0.6 is 0 Å². The minimum Gasteiger partial charge on any atom is -0.393 e. The summed E-state index contributed by atoms with van der Waals surface area (Å²) >= 11 is 0. The molecule has 0 aliphatic heterocycles. The average Bonchev–Trinajstić information content (AvgIpc) is 2.37. The number of nitrogens with one attached hydrogen (secondary N) is 2. The average molecular weight is 260 g/mol. The predicted molar refractivity (Wildman–Crippen MR) is 67.5 cm³/mol. The van der Waals surface area contributed by atoms with Crippen LogP contribution in [0.3, 0.4) is 0 Å². The zero-order valence-corrected chi connectivity index (χ0v) is 10.8. The molecule has 18 heavy (non-hydrogen) atoms. The summed E-state index contributed by atoms with van der Waals surface area (Å²) in [5.74, 6) is 8.43. The third-order valence-electron chi connectivity index (χ3n) is 2.80. The summed E-state index contributed by atoms with van der Waals surface area (Å²) < 4.78 is 0. The Hall–Kier alpha value is -1.18. The van der Waals surface area contributed by atoms with Crippen molar-refractivity contribution in [2.45, 2.75) is 51.6 Å². The molecule has 0 aromatic heterocycles. The van der Waals surface area contributed by atoms with Gasteiger partial charge in [0, 0.05) is 6.42 Å². The van der Waals surface area contributed by atoms with Crippen LogP contribution in [0.25, 0.3) is 0 Å². The van der Waals surface area contributed by atoms with Gasteiger partial charge in [0.05, 0.1) is 12.0 Å². The summed E-state index contributed by atoms with van der Waals surface area (Å²) in [6.45, 7) is 2.07. The van der Waals surface area contributed by atoms with Crippen molar-refractivity contribution in [2.24, 2.45) is 17.6 Å². The highest BCUT2D eigenvalue weighted by Crippen LogP contribution is 2.16. The zero-order chi connectivity index (χ0) is 14.0. The fourth-order valence-corrected chi connectivity index (χ4v) is 1.76. The van der Waals surface area contributed by atoms with E-state index in [0.717, 1.165) is 19.3 Å². The lowest BCUT2D eigenvalue weighted by Crippen LogP contribution is -2.41. The number of aliphatic hydroxyl groups excluding tert-OH is 1. The van der Waals surface area contributed by atoms with Crippen molar-refractivity contribution in [1.29, 1.82) is 0 Å². The second kappa shape index (κ2) is 9.81. The van der Waals surface area contributed by atoms with Crippen LogP contribution in [-0.2, 0) is 9.59 Å². The van der Waals surface area contributed by atoms with Crippen molar-refractivity contribution in [3.05, 3.63) is 0 Å². The topological polar surface area (TPSA) is 130 Å². The lowest BCUT2D eigenvalue weighted by molar-refractivity contribution is -0.131. The van der Waals surface area contributed by atoms with E-state index in [-0.39, 0.29) is 12.8 Å². The molecule has 0 spiro atoms. The molecular formula is C11H24N4O3. The number of amides is 2. The molecule has 0 saturated heterocycles. The van der Waals surface area contributed by atoms with Crippen LogP contribution < -0.4 is 22.5 Å². The largest absolute Gasteiger partial charge is 0.393 e. The number of carbonyl (C=O) groups is 2. The molecule has 0 radical (unpaired) electrons. The smallest absolute Gasteiger partial charge is 0.237 e. The quantitative estimate of drug-likeness (QED) is 0.162. The molecule has 0 aromatic carbocycles. The molecule has 0 aromatic rings. The van der Waals surface area contributed by atoms with E-state index in [2.05, 4.69) is 6.92 Å². The van der Waals surface area contributed by atoms with Gasteiger partial charge in [-0.2, -0.15) is 0 Å². The monoisotopic (exact) mass is 260 g/mol. The maximum absolute atomic E-state index is 11.5. The summed E-state index contributed by atoms with van der Waals surface area (Å²) in [5, 5.41) is 9.79. The van der Waals surface area contributed by atoms with Gasteiger partial charge in [-0.3, -0.25) is 20.4 Å². The Kier molecular flexibility index (Phi) is 9.17. The van der Waals surface area contributed by atoms with Crippen LogP contribution in [0.4, 0.5) is 0 Å². The summed E-state index contributed by atoms with van der Waals surface area (Å²) in [6, 6.07) is 0. The summed E-state index contributed by atoms with van der Waals surface area (Å²) in [7, 11) is 0. The summed E-state index contributed by atoms with van der Waals surface area (Å²) in [6.07, 6.45) is 3.14. The second-order valence-corrected chi connectivity index (χ2v) is 4.36. The molecule has 2 amide bonds. The molecule has 0 bridgehead atoms. The van der Waals surface area contributed by atoms with E-state index in [1.165, 1.54) is 0 Å². The van der Waals surface area contributed by atoms with Crippen molar-refractivity contribution < 1.29 is 14.7 Å². The second-order valence-electron chi connectivity index (χ2n) is 4.36. The van der Waals surface area contributed by atoms with Crippen molar-refractivity contribution in [2.75, 3.05) is 0 Å². The number of rotatable bonds is 9. The summed E-state index contributed by atoms with van der Waals surface area (Å²) in [5.41, 5.74) is 3.95. The Labute approximate surface area is 107 Å². The van der Waals surface area contributed by atoms with Gasteiger partial charge in [-0.15, -0.1) is 0 Å². The predicted octanol–water partition coefficient (Wildman–Crippen LogP) is -0.696. The van der Waals surface area contributed by atoms with Crippen LogP contribution in [0.5, 0.6) is 0 Å². The third-order valence-corrected chi connectivity index (χ3v) is 2.80. The van der Waals surface area contributed by atoms with E-state index in [9.17, 15) is 14.7 Å². The number of hydrogen-bond donors (Lipinski definition) is 5. The highest BCUT2D eigenvalue weighted by Gasteiger charge is 2.23. The molecule has 0 saturated carbocycles. The maximum atomic E-state index is 11.5. The van der Waals surface area contributed by atoms with E-state index in [0.29, 0.717) is 6.42 Å². The Balaban J connectivity index is 4.22. The molecule has 0 unspecified atom stereocenters. The fourth-order valence-electron chi connectivity index (χ4n) is 1.76. The van der Waals surface area contributed by atoms with Gasteiger partial charge in [0.2, 0.25) is 11.8 Å². The number of hydrogen-bond acceptors (Lipinski definition) is 5. The Morgan fingerprint density at radius 2 is 1.89 bits per heavy atom. The molecular weight excluding hydrogens is 236 g/mol. The first kappa shape index (κ1) is 16.8. The lowest BCUT2D eigenvalue weighted by Gasteiger charge is -2.18. The molecule has 7 nitrogen and oxygen atoms in total. The first-order chi connectivity index (χ1) is 8.54. The van der Waals surface area contributed by atoms with Gasteiger partial charge in [-0.25, -0.2) is 11.7 Å². The van der Waals surface area contributed by atoms with Gasteiger partial charge in [0.1, 0.15) is 0 Å². The van der Waals surface area contributed by atoms with E-state index in [4.69, 9.17) is 11.7 Å². The van der Waals surface area contributed by atoms with Gasteiger partial charge in [-0.1, -0.05) is 26.2 Å². The highest BCUT2D eigenvalue weighted by molar-refractivity contribution is 5.85. The van der Waals surface area contributed by atoms with Gasteiger partial charge in [0.25, 0.3) is 0 Å². The minimum absolute atomic E-state index is 0.0790. The number of hydrazine groups is 2. The number of aliphatic hydroxyl groups is 1. The molecule has 106 valence electrons. The van der Waals surface area contributed by atoms with Gasteiger partial charge >= 0.3 is 0 Å². The molecule has 2 atom stereocenters. The molecule has 0 rings (SSSR count). The highest BCUT2D eigenvalue weighted by atomic mass is 16.3. The van der Waals surface area contributed by atoms with Crippen LogP contribution in [0, 0.1) is 5.92 Å². The van der Waals surface area contributed by atoms with Gasteiger partial charge in [-0.05, 0) is 12.8 Å². The third kappa shape index (κ3) is 7.21. The molecule has 7 heteroatoms. The van der Waals surface area contributed by atoms with Crippen LogP contribution in [-0.4, -0.2) is 23.0 Å². The normalized spacial score (nSPS) is 13.8. The first-order valence-electron chi connectivity index (χ1n) is 6.23. The first-order valence-corrected chi connectivity index (χ1v) is 6.23. The molecule has 7 N–H and O–H groups in total. The number of carbonyl (C=O) groups excluding carboxylic acids is 2. The molecule has 0 aliphatic carbocycles. The Morgan fingerprint density at radius 3 is 2.39 bits per heavy atom. The van der Waals surface area contributed by atoms with Gasteiger partial charge in [0.15, 0.2) is 0 Å². The van der Waals surface area contributed by atoms with Gasteiger partial charge < -0.3 is 5.11 Å². The van der Waals surface area contributed by atoms with E-state index < -0.39 is 23.8 Å². The van der Waals surface area contributed by atoms with Crippen molar-refractivity contribution in [3.8, 4) is 0 Å². The van der Waals surface area contributed by atoms with Crippen molar-refractivity contribution >= 4 is 11.8 Å². The standard InChI is InChI=1S/C11H24N4O3/c1-2-3-4-5-9(16)6-8(11(18)15-13)7-10(17)14-12/h8-9,16H,2-7,12-13H2,1H3,(H,14,17)(H,15,18)/t8-,9-/m0/s1. The molecule has 0 aliphatic rings. The lowest BCUT2D eigenvalue weighted by atomic mass is 9.94. The molecule has 0 heterocycles. The van der Waals surface area contributed by atoms with E-state index >= 15 is 0 Å².